The molecule has 2 aromatic carbocycles. The number of benzene rings is 2. The fraction of sp³-hybridized carbons (Fsp3) is 0.0500. The van der Waals surface area contributed by atoms with Gasteiger partial charge in [0.1, 0.15) is 5.82 Å². The molecule has 28 heavy (non-hydrogen) atoms. The van der Waals surface area contributed by atoms with Crippen LogP contribution < -0.4 is 10.5 Å². The summed E-state index contributed by atoms with van der Waals surface area (Å²) >= 11 is 1.21. The molecule has 0 amide bonds. The quantitative estimate of drug-likeness (QED) is 0.475. The van der Waals surface area contributed by atoms with Crippen LogP contribution in [0.4, 0.5) is 20.4 Å². The standard InChI is InChI=1S/C20H15F2N5S/c1-11-6-14(10-24-8-11)28-27-17-5-3-15(21)18(19(17)22)12-2-4-16-13(7-12)9-25-20(23)26-16/h2-10,27H,1H3,(H2,23,25,26). The van der Waals surface area contributed by atoms with Crippen LogP contribution in [-0.4, -0.2) is 15.0 Å². The molecule has 0 aliphatic carbocycles. The molecule has 0 aliphatic rings. The first-order chi connectivity index (χ1) is 13.5. The Morgan fingerprint density at radius 3 is 2.71 bits per heavy atom. The van der Waals surface area contributed by atoms with Gasteiger partial charge < -0.3 is 10.5 Å². The average molecular weight is 395 g/mol. The third-order valence-electron chi connectivity index (χ3n) is 4.11. The molecule has 0 saturated heterocycles. The lowest BCUT2D eigenvalue weighted by molar-refractivity contribution is 0.592. The molecule has 0 fully saturated rings. The number of nitrogens with one attached hydrogen (secondary N) is 1. The number of hydrogen-bond acceptors (Lipinski definition) is 6. The second kappa shape index (κ2) is 7.40. The zero-order valence-electron chi connectivity index (χ0n) is 14.8. The van der Waals surface area contributed by atoms with Gasteiger partial charge in [-0.3, -0.25) is 4.98 Å². The molecule has 8 heteroatoms. The molecule has 3 N–H and O–H groups in total. The first kappa shape index (κ1) is 18.1. The SMILES string of the molecule is Cc1cncc(SNc2ccc(F)c(-c3ccc4nc(N)ncc4c3)c2F)c1. The molecule has 2 aromatic heterocycles. The second-order valence-electron chi connectivity index (χ2n) is 6.19. The van der Waals surface area contributed by atoms with Gasteiger partial charge in [-0.05, 0) is 60.3 Å². The highest BCUT2D eigenvalue weighted by atomic mass is 32.2. The van der Waals surface area contributed by atoms with Crippen LogP contribution in [0.5, 0.6) is 0 Å². The molecular weight excluding hydrogens is 380 g/mol. The minimum Gasteiger partial charge on any atom is -0.368 e. The lowest BCUT2D eigenvalue weighted by Crippen LogP contribution is -1.98. The maximum absolute atomic E-state index is 15.1. The van der Waals surface area contributed by atoms with Crippen molar-refractivity contribution < 1.29 is 8.78 Å². The van der Waals surface area contributed by atoms with Crippen molar-refractivity contribution in [3.63, 3.8) is 0 Å². The van der Waals surface area contributed by atoms with Gasteiger partial charge in [-0.2, -0.15) is 0 Å². The van der Waals surface area contributed by atoms with Gasteiger partial charge in [0.25, 0.3) is 0 Å². The molecular formula is C20H15F2N5S. The Balaban J connectivity index is 1.69. The van der Waals surface area contributed by atoms with E-state index in [0.29, 0.717) is 16.5 Å². The van der Waals surface area contributed by atoms with Crippen molar-refractivity contribution >= 4 is 34.5 Å². The van der Waals surface area contributed by atoms with Crippen LogP contribution in [0.2, 0.25) is 0 Å². The van der Waals surface area contributed by atoms with Crippen molar-refractivity contribution in [3.05, 3.63) is 72.2 Å². The second-order valence-corrected chi connectivity index (χ2v) is 7.07. The molecule has 2 heterocycles. The smallest absolute Gasteiger partial charge is 0.220 e. The number of nitrogens with two attached hydrogens (primary N) is 1. The van der Waals surface area contributed by atoms with E-state index in [2.05, 4.69) is 19.7 Å². The van der Waals surface area contributed by atoms with Crippen LogP contribution in [0.25, 0.3) is 22.0 Å². The van der Waals surface area contributed by atoms with Gasteiger partial charge >= 0.3 is 0 Å². The van der Waals surface area contributed by atoms with Crippen molar-refractivity contribution in [1.82, 2.24) is 15.0 Å². The topological polar surface area (TPSA) is 76.7 Å². The molecule has 5 nitrogen and oxygen atoms in total. The predicted octanol–water partition coefficient (Wildman–Crippen LogP) is 4.98. The van der Waals surface area contributed by atoms with E-state index in [0.717, 1.165) is 10.5 Å². The van der Waals surface area contributed by atoms with Gasteiger partial charge in [-0.25, -0.2) is 18.7 Å². The Morgan fingerprint density at radius 2 is 1.89 bits per heavy atom. The number of nitrogens with zero attached hydrogens (tertiary/aromatic N) is 3. The minimum atomic E-state index is -0.677. The predicted molar refractivity (Wildman–Crippen MR) is 108 cm³/mol. The highest BCUT2D eigenvalue weighted by Gasteiger charge is 2.16. The van der Waals surface area contributed by atoms with Crippen LogP contribution in [0, 0.1) is 18.6 Å². The fourth-order valence-corrected chi connectivity index (χ4v) is 3.54. The third-order valence-corrected chi connectivity index (χ3v) is 4.89. The van der Waals surface area contributed by atoms with Crippen molar-refractivity contribution in [3.8, 4) is 11.1 Å². The first-order valence-electron chi connectivity index (χ1n) is 8.36. The molecule has 0 radical (unpaired) electrons. The minimum absolute atomic E-state index is 0.119. The molecule has 0 unspecified atom stereocenters. The number of anilines is 2. The molecule has 140 valence electrons. The van der Waals surface area contributed by atoms with E-state index in [1.807, 2.05) is 13.0 Å². The van der Waals surface area contributed by atoms with Crippen molar-refractivity contribution in [2.45, 2.75) is 11.8 Å². The Hall–Kier alpha value is -3.26. The first-order valence-corrected chi connectivity index (χ1v) is 9.18. The Labute approximate surface area is 164 Å². The Bertz CT molecular complexity index is 1180. The Kier molecular flexibility index (Phi) is 4.79. The molecule has 0 spiro atoms. The van der Waals surface area contributed by atoms with Crippen molar-refractivity contribution in [1.29, 1.82) is 0 Å². The summed E-state index contributed by atoms with van der Waals surface area (Å²) in [6.45, 7) is 1.92. The summed E-state index contributed by atoms with van der Waals surface area (Å²) in [5.41, 5.74) is 7.62. The summed E-state index contributed by atoms with van der Waals surface area (Å²) < 4.78 is 32.5. The van der Waals surface area contributed by atoms with Crippen molar-refractivity contribution in [2.24, 2.45) is 0 Å². The summed E-state index contributed by atoms with van der Waals surface area (Å²) in [5.74, 6) is -1.18. The molecule has 0 saturated carbocycles. The van der Waals surface area contributed by atoms with E-state index in [1.165, 1.54) is 30.3 Å². The fourth-order valence-electron chi connectivity index (χ4n) is 2.80. The summed E-state index contributed by atoms with van der Waals surface area (Å²) in [7, 11) is 0. The molecule has 0 aliphatic heterocycles. The van der Waals surface area contributed by atoms with Crippen LogP contribution >= 0.6 is 11.9 Å². The Morgan fingerprint density at radius 1 is 1.04 bits per heavy atom. The van der Waals surface area contributed by atoms with Crippen LogP contribution in [0.3, 0.4) is 0 Å². The van der Waals surface area contributed by atoms with E-state index in [-0.39, 0.29) is 17.2 Å². The summed E-state index contributed by atoms with van der Waals surface area (Å²) in [6.07, 6.45) is 4.93. The molecule has 4 rings (SSSR count). The van der Waals surface area contributed by atoms with Gasteiger partial charge in [0.15, 0.2) is 5.82 Å². The van der Waals surface area contributed by atoms with E-state index < -0.39 is 11.6 Å². The normalized spacial score (nSPS) is 11.0. The number of rotatable bonds is 4. The maximum Gasteiger partial charge on any atom is 0.220 e. The zero-order chi connectivity index (χ0) is 19.7. The molecule has 0 atom stereocenters. The van der Waals surface area contributed by atoms with Crippen molar-refractivity contribution in [2.75, 3.05) is 10.5 Å². The summed E-state index contributed by atoms with van der Waals surface area (Å²) in [6, 6.07) is 9.43. The highest BCUT2D eigenvalue weighted by Crippen LogP contribution is 2.34. The third kappa shape index (κ3) is 3.59. The lowest BCUT2D eigenvalue weighted by atomic mass is 10.0. The van der Waals surface area contributed by atoms with Gasteiger partial charge in [-0.15, -0.1) is 0 Å². The lowest BCUT2D eigenvalue weighted by Gasteiger charge is -2.12. The summed E-state index contributed by atoms with van der Waals surface area (Å²) in [4.78, 5) is 13.0. The van der Waals surface area contributed by atoms with Crippen LogP contribution in [0.1, 0.15) is 5.56 Å². The van der Waals surface area contributed by atoms with E-state index in [9.17, 15) is 4.39 Å². The highest BCUT2D eigenvalue weighted by molar-refractivity contribution is 8.00. The van der Waals surface area contributed by atoms with Gasteiger partial charge in [0.2, 0.25) is 5.95 Å². The van der Waals surface area contributed by atoms with Gasteiger partial charge in [-0.1, -0.05) is 6.07 Å². The van der Waals surface area contributed by atoms with Crippen LogP contribution in [-0.2, 0) is 0 Å². The zero-order valence-corrected chi connectivity index (χ0v) is 15.6. The number of aryl methyl sites for hydroxylation is 1. The number of pyridine rings is 1. The summed E-state index contributed by atoms with van der Waals surface area (Å²) in [5, 5.41) is 0.643. The number of nitrogen functional groups attached to an aromatic ring is 1. The maximum atomic E-state index is 15.1. The van der Waals surface area contributed by atoms with E-state index in [4.69, 9.17) is 5.73 Å². The monoisotopic (exact) mass is 395 g/mol. The number of fused-ring (bicyclic) bond motifs is 1. The van der Waals surface area contributed by atoms with Crippen LogP contribution in [0.15, 0.2) is 59.9 Å². The molecule has 4 aromatic rings. The van der Waals surface area contributed by atoms with E-state index in [1.54, 1.807) is 30.6 Å². The average Bonchev–Trinajstić information content (AvgIpc) is 2.67. The largest absolute Gasteiger partial charge is 0.368 e. The number of aromatic nitrogens is 3. The van der Waals surface area contributed by atoms with Gasteiger partial charge in [0, 0.05) is 28.9 Å². The number of halogens is 2. The molecule has 0 bridgehead atoms. The van der Waals surface area contributed by atoms with E-state index >= 15 is 4.39 Å². The van der Waals surface area contributed by atoms with Gasteiger partial charge in [0.05, 0.1) is 16.8 Å². The number of hydrogen-bond donors (Lipinski definition) is 2.